The van der Waals surface area contributed by atoms with Crippen LogP contribution in [0.5, 0.6) is 0 Å². The Hall–Kier alpha value is -7.96. The van der Waals surface area contributed by atoms with Crippen LogP contribution < -0.4 is 0 Å². The van der Waals surface area contributed by atoms with Gasteiger partial charge in [-0.05, 0) is 150 Å². The highest BCUT2D eigenvalue weighted by Crippen LogP contribution is 2.46. The van der Waals surface area contributed by atoms with Crippen LogP contribution in [0.1, 0.15) is 55.0 Å². The van der Waals surface area contributed by atoms with Gasteiger partial charge in [-0.15, -0.1) is 5.10 Å². The number of fused-ring (bicyclic) bond motifs is 1. The summed E-state index contributed by atoms with van der Waals surface area (Å²) in [6, 6.07) is 88.3. The zero-order valence-corrected chi connectivity index (χ0v) is 45.9. The van der Waals surface area contributed by atoms with Gasteiger partial charge < -0.3 is 0 Å². The van der Waals surface area contributed by atoms with Crippen LogP contribution in [0.4, 0.5) is 0 Å². The molecule has 1 aromatic heterocycles. The van der Waals surface area contributed by atoms with Crippen molar-refractivity contribution >= 4 is 48.5 Å². The first kappa shape index (κ1) is 48.9. The fourth-order valence-corrected chi connectivity index (χ4v) is 11.9. The van der Waals surface area contributed by atoms with Crippen molar-refractivity contribution in [2.75, 3.05) is 0 Å². The van der Waals surface area contributed by atoms with E-state index in [-0.39, 0.29) is 16.7 Å². The van der Waals surface area contributed by atoms with Gasteiger partial charge in [0.25, 0.3) is 0 Å². The first-order valence-electron chi connectivity index (χ1n) is 26.0. The van der Waals surface area contributed by atoms with Gasteiger partial charge in [0.05, 0.1) is 11.2 Å². The molecule has 0 radical (unpaired) electrons. The maximum Gasteiger partial charge on any atom is 0.113 e. The van der Waals surface area contributed by atoms with E-state index in [1.54, 1.807) is 0 Å². The molecule has 1 heterocycles. The molecule has 2 unspecified atom stereocenters. The van der Waals surface area contributed by atoms with Gasteiger partial charge in [-0.1, -0.05) is 270 Å². The summed E-state index contributed by atoms with van der Waals surface area (Å²) in [7, 11) is 0. The van der Waals surface area contributed by atoms with Crippen molar-refractivity contribution in [3.8, 4) is 61.3 Å². The van der Waals surface area contributed by atoms with E-state index in [1.165, 1.54) is 77.9 Å². The summed E-state index contributed by atoms with van der Waals surface area (Å²) in [5, 5.41) is 8.84. The maximum absolute atomic E-state index is 4.46. The molecular weight excluding hydrogens is 1050 g/mol. The standard InChI is InChI=1S/C71H55Br2N3/c1-70(2,60-35-29-51(30-36-60)48-17-23-54(24-18-48)57-9-6-12-65(72)45-57)61-41-43-64(44-42-61)71(3,62-37-31-52(32-38-62)49-19-25-55(26-20-49)58-10-7-13-66(73)46-58)63-39-33-53(34-40-63)50-21-27-56(28-22-50)59-11-8-14-67(47-59)76-69-16-5-4-15-68(69)74-75-76/h4-37,39-47,62H,38H2,1-3H3. The van der Waals surface area contributed by atoms with E-state index in [2.05, 4.69) is 306 Å². The Balaban J connectivity index is 0.814. The molecule has 0 bridgehead atoms. The number of allylic oxidation sites excluding steroid dienone is 4. The molecule has 0 spiro atoms. The minimum atomic E-state index is -0.317. The Bertz CT molecular complexity index is 3920. The van der Waals surface area contributed by atoms with Crippen molar-refractivity contribution in [3.05, 3.63) is 298 Å². The molecule has 0 saturated heterocycles. The molecule has 1 aliphatic rings. The van der Waals surface area contributed by atoms with Gasteiger partial charge in [-0.2, -0.15) is 0 Å². The second-order valence-electron chi connectivity index (χ2n) is 20.7. The average Bonchev–Trinajstić information content (AvgIpc) is 3.92. The fourth-order valence-electron chi connectivity index (χ4n) is 11.1. The van der Waals surface area contributed by atoms with E-state index < -0.39 is 0 Å². The summed E-state index contributed by atoms with van der Waals surface area (Å²) in [6.07, 6.45) is 8.16. The van der Waals surface area contributed by atoms with Crippen molar-refractivity contribution in [2.24, 2.45) is 5.92 Å². The lowest BCUT2D eigenvalue weighted by atomic mass is 9.64. The Morgan fingerprint density at radius 3 is 1.30 bits per heavy atom. The molecule has 5 heteroatoms. The minimum Gasteiger partial charge on any atom is -0.213 e. The van der Waals surface area contributed by atoms with Gasteiger partial charge in [0, 0.05) is 19.8 Å². The summed E-state index contributed by atoms with van der Waals surface area (Å²) in [5.41, 5.74) is 21.9. The van der Waals surface area contributed by atoms with Crippen molar-refractivity contribution in [1.29, 1.82) is 0 Å². The van der Waals surface area contributed by atoms with Gasteiger partial charge in [-0.25, -0.2) is 4.68 Å². The van der Waals surface area contributed by atoms with Crippen molar-refractivity contribution < 1.29 is 0 Å². The highest BCUT2D eigenvalue weighted by atomic mass is 79.9. The molecule has 11 aromatic rings. The fraction of sp³-hybridized carbons (Fsp3) is 0.0986. The number of benzene rings is 10. The summed E-state index contributed by atoms with van der Waals surface area (Å²) < 4.78 is 4.08. The molecule has 0 aliphatic heterocycles. The Morgan fingerprint density at radius 1 is 0.408 bits per heavy atom. The van der Waals surface area contributed by atoms with Crippen LogP contribution >= 0.6 is 31.9 Å². The van der Waals surface area contributed by atoms with Crippen molar-refractivity contribution in [2.45, 2.75) is 38.0 Å². The van der Waals surface area contributed by atoms with Crippen LogP contribution in [0, 0.1) is 5.92 Å². The van der Waals surface area contributed by atoms with E-state index in [0.717, 1.165) is 43.2 Å². The second kappa shape index (κ2) is 20.6. The molecule has 10 aromatic carbocycles. The zero-order chi connectivity index (χ0) is 51.8. The normalized spacial score (nSPS) is 14.3. The number of hydrogen-bond donors (Lipinski definition) is 0. The minimum absolute atomic E-state index is 0.209. The largest absolute Gasteiger partial charge is 0.213 e. The number of para-hydroxylation sites is 1. The number of rotatable bonds is 12. The van der Waals surface area contributed by atoms with Gasteiger partial charge in [0.2, 0.25) is 0 Å². The van der Waals surface area contributed by atoms with Crippen LogP contribution in [-0.4, -0.2) is 15.0 Å². The predicted octanol–water partition coefficient (Wildman–Crippen LogP) is 19.6. The lowest BCUT2D eigenvalue weighted by Gasteiger charge is -2.39. The second-order valence-corrected chi connectivity index (χ2v) is 22.5. The first-order chi connectivity index (χ1) is 37.1. The number of nitrogens with zero attached hydrogens (tertiary/aromatic N) is 3. The summed E-state index contributed by atoms with van der Waals surface area (Å²) in [4.78, 5) is 0. The predicted molar refractivity (Wildman–Crippen MR) is 325 cm³/mol. The summed E-state index contributed by atoms with van der Waals surface area (Å²) in [6.45, 7) is 7.12. The Labute approximate surface area is 463 Å². The lowest BCUT2D eigenvalue weighted by Crippen LogP contribution is -2.33. The highest BCUT2D eigenvalue weighted by molar-refractivity contribution is 9.10. The summed E-state index contributed by atoms with van der Waals surface area (Å²) in [5.74, 6) is 0.226. The van der Waals surface area contributed by atoms with Crippen LogP contribution in [-0.2, 0) is 10.8 Å². The number of hydrogen-bond acceptors (Lipinski definition) is 2. The Morgan fingerprint density at radius 2 is 0.816 bits per heavy atom. The lowest BCUT2D eigenvalue weighted by molar-refractivity contribution is 0.416. The third kappa shape index (κ3) is 9.66. The van der Waals surface area contributed by atoms with Crippen molar-refractivity contribution in [3.63, 3.8) is 0 Å². The third-order valence-corrected chi connectivity index (χ3v) is 16.9. The molecule has 0 fully saturated rings. The first-order valence-corrected chi connectivity index (χ1v) is 27.6. The van der Waals surface area contributed by atoms with E-state index in [4.69, 9.17) is 0 Å². The van der Waals surface area contributed by atoms with Gasteiger partial charge in [0.1, 0.15) is 5.52 Å². The van der Waals surface area contributed by atoms with Gasteiger partial charge in [0.15, 0.2) is 0 Å². The van der Waals surface area contributed by atoms with E-state index >= 15 is 0 Å². The third-order valence-electron chi connectivity index (χ3n) is 15.9. The molecule has 368 valence electrons. The molecule has 3 nitrogen and oxygen atoms in total. The van der Waals surface area contributed by atoms with Crippen LogP contribution in [0.2, 0.25) is 0 Å². The molecule has 2 atom stereocenters. The molecule has 0 N–H and O–H groups in total. The van der Waals surface area contributed by atoms with E-state index in [0.29, 0.717) is 0 Å². The molecule has 12 rings (SSSR count). The highest BCUT2D eigenvalue weighted by Gasteiger charge is 2.37. The topological polar surface area (TPSA) is 30.7 Å². The molecule has 76 heavy (non-hydrogen) atoms. The molecule has 0 saturated carbocycles. The monoisotopic (exact) mass is 1110 g/mol. The van der Waals surface area contributed by atoms with E-state index in [9.17, 15) is 0 Å². The van der Waals surface area contributed by atoms with Crippen LogP contribution in [0.3, 0.4) is 0 Å². The molecule has 0 amide bonds. The van der Waals surface area contributed by atoms with Crippen LogP contribution in [0.15, 0.2) is 270 Å². The smallest absolute Gasteiger partial charge is 0.113 e. The van der Waals surface area contributed by atoms with Crippen LogP contribution in [0.25, 0.3) is 77.9 Å². The van der Waals surface area contributed by atoms with Gasteiger partial charge in [-0.3, -0.25) is 0 Å². The molecular formula is C71H55Br2N3. The number of aromatic nitrogens is 3. The SMILES string of the molecule is CC(C)(c1ccc(-c2ccc(-c3cccc(Br)c3)cc2)cc1)c1ccc(C(C)(c2ccc(-c3ccc(-c4cccc(-n5nnc6ccccc65)c4)cc3)cc2)C2C=CC(c3ccc(-c4cccc(Br)c4)cc3)=CC2)cc1. The quantitative estimate of drug-likeness (QED) is 0.122. The summed E-state index contributed by atoms with van der Waals surface area (Å²) >= 11 is 7.26. The van der Waals surface area contributed by atoms with Crippen molar-refractivity contribution in [1.82, 2.24) is 15.0 Å². The Kier molecular flexibility index (Phi) is 13.3. The average molecular weight is 1110 g/mol. The zero-order valence-electron chi connectivity index (χ0n) is 42.7. The molecule has 1 aliphatic carbocycles. The number of halogens is 2. The van der Waals surface area contributed by atoms with Gasteiger partial charge >= 0.3 is 0 Å². The van der Waals surface area contributed by atoms with E-state index in [1.807, 2.05) is 22.9 Å². The maximum atomic E-state index is 4.46.